The normalized spacial score (nSPS) is 10.4. The van der Waals surface area contributed by atoms with Crippen molar-refractivity contribution in [3.05, 3.63) is 47.5 Å². The Bertz CT molecular complexity index is 761. The van der Waals surface area contributed by atoms with Gasteiger partial charge in [0.05, 0.1) is 26.4 Å². The number of carbonyl (C=O) groups excluding carboxylic acids is 1. The van der Waals surface area contributed by atoms with E-state index in [2.05, 4.69) is 0 Å². The maximum absolute atomic E-state index is 12.9. The number of benzene rings is 2. The zero-order valence-corrected chi connectivity index (χ0v) is 18.0. The van der Waals surface area contributed by atoms with Gasteiger partial charge in [-0.05, 0) is 52.0 Å². The summed E-state index contributed by atoms with van der Waals surface area (Å²) in [5.74, 6) is 2.19. The second-order valence-electron chi connectivity index (χ2n) is 6.49. The summed E-state index contributed by atoms with van der Waals surface area (Å²) in [4.78, 5) is 14.6. The Morgan fingerprint density at radius 2 is 1.41 bits per heavy atom. The summed E-state index contributed by atoms with van der Waals surface area (Å²) in [6.07, 6.45) is 0. The van der Waals surface area contributed by atoms with E-state index in [-0.39, 0.29) is 5.91 Å². The van der Waals surface area contributed by atoms with E-state index in [0.29, 0.717) is 55.8 Å². The molecule has 0 unspecified atom stereocenters. The minimum atomic E-state index is -0.137. The molecule has 0 aliphatic carbocycles. The zero-order chi connectivity index (χ0) is 21.2. The van der Waals surface area contributed by atoms with E-state index >= 15 is 0 Å². The van der Waals surface area contributed by atoms with Crippen molar-refractivity contribution < 1.29 is 23.7 Å². The van der Waals surface area contributed by atoms with Crippen LogP contribution in [0.2, 0.25) is 0 Å². The number of nitrogens with zero attached hydrogens (tertiary/aromatic N) is 1. The van der Waals surface area contributed by atoms with E-state index in [4.69, 9.17) is 18.9 Å². The number of carbonyl (C=O) groups is 1. The van der Waals surface area contributed by atoms with Gasteiger partial charge in [-0.3, -0.25) is 4.79 Å². The molecule has 0 aromatic heterocycles. The molecule has 0 aliphatic rings. The molecule has 158 valence electrons. The molecule has 0 fully saturated rings. The van der Waals surface area contributed by atoms with Crippen LogP contribution < -0.4 is 18.9 Å². The van der Waals surface area contributed by atoms with Crippen LogP contribution in [-0.4, -0.2) is 50.8 Å². The molecule has 0 radical (unpaired) electrons. The predicted octanol–water partition coefficient (Wildman–Crippen LogP) is 4.34. The van der Waals surface area contributed by atoms with E-state index in [9.17, 15) is 4.79 Å². The predicted molar refractivity (Wildman–Crippen MR) is 114 cm³/mol. The molecule has 2 aromatic rings. The molecular formula is C23H31NO5. The maximum atomic E-state index is 12.9. The molecule has 0 atom stereocenters. The number of aryl methyl sites for hydroxylation is 1. The van der Waals surface area contributed by atoms with Crippen LogP contribution >= 0.6 is 0 Å². The van der Waals surface area contributed by atoms with E-state index in [1.165, 1.54) is 5.56 Å². The number of hydrogen-bond acceptors (Lipinski definition) is 5. The van der Waals surface area contributed by atoms with Gasteiger partial charge in [0, 0.05) is 12.6 Å². The first-order valence-corrected chi connectivity index (χ1v) is 10.0. The summed E-state index contributed by atoms with van der Waals surface area (Å²) in [5, 5.41) is 0. The standard InChI is InChI=1S/C23H31NO5/c1-6-26-20-15-18(16-21(27-7-2)22(20)28-8-3)23(25)24(5)13-14-29-19-11-9-17(4)10-12-19/h9-12,15-16H,6-8,13-14H2,1-5H3. The third-order valence-corrected chi connectivity index (χ3v) is 4.22. The molecule has 0 saturated carbocycles. The van der Waals surface area contributed by atoms with Crippen molar-refractivity contribution >= 4 is 5.91 Å². The summed E-state index contributed by atoms with van der Waals surface area (Å²) >= 11 is 0. The zero-order valence-electron chi connectivity index (χ0n) is 18.0. The second-order valence-corrected chi connectivity index (χ2v) is 6.49. The van der Waals surface area contributed by atoms with Crippen LogP contribution in [0.3, 0.4) is 0 Å². The van der Waals surface area contributed by atoms with Crippen molar-refractivity contribution in [2.45, 2.75) is 27.7 Å². The SMILES string of the molecule is CCOc1cc(C(=O)N(C)CCOc2ccc(C)cc2)cc(OCC)c1OCC. The summed E-state index contributed by atoms with van der Waals surface area (Å²) in [6.45, 7) is 9.95. The molecule has 0 N–H and O–H groups in total. The van der Waals surface area contributed by atoms with Gasteiger partial charge < -0.3 is 23.8 Å². The maximum Gasteiger partial charge on any atom is 0.253 e. The Labute approximate surface area is 173 Å². The molecule has 6 heteroatoms. The lowest BCUT2D eigenvalue weighted by molar-refractivity contribution is 0.0772. The number of rotatable bonds is 11. The van der Waals surface area contributed by atoms with Gasteiger partial charge in [-0.15, -0.1) is 0 Å². The minimum absolute atomic E-state index is 0.137. The molecule has 0 heterocycles. The fourth-order valence-electron chi connectivity index (χ4n) is 2.77. The van der Waals surface area contributed by atoms with Crippen LogP contribution in [0.5, 0.6) is 23.0 Å². The molecule has 29 heavy (non-hydrogen) atoms. The summed E-state index contributed by atoms with van der Waals surface area (Å²) in [7, 11) is 1.75. The van der Waals surface area contributed by atoms with Crippen molar-refractivity contribution in [3.63, 3.8) is 0 Å². The van der Waals surface area contributed by atoms with Crippen LogP contribution in [0, 0.1) is 6.92 Å². The lowest BCUT2D eigenvalue weighted by Crippen LogP contribution is -2.31. The van der Waals surface area contributed by atoms with Gasteiger partial charge in [0.1, 0.15) is 12.4 Å². The van der Waals surface area contributed by atoms with Crippen molar-refractivity contribution in [2.24, 2.45) is 0 Å². The Hall–Kier alpha value is -2.89. The van der Waals surface area contributed by atoms with Gasteiger partial charge in [-0.2, -0.15) is 0 Å². The highest BCUT2D eigenvalue weighted by Gasteiger charge is 2.20. The summed E-state index contributed by atoms with van der Waals surface area (Å²) in [5.41, 5.74) is 1.66. The molecule has 6 nitrogen and oxygen atoms in total. The van der Waals surface area contributed by atoms with Gasteiger partial charge >= 0.3 is 0 Å². The highest BCUT2D eigenvalue weighted by Crippen LogP contribution is 2.39. The number of ether oxygens (including phenoxy) is 4. The third kappa shape index (κ3) is 6.31. The van der Waals surface area contributed by atoms with Crippen molar-refractivity contribution in [1.82, 2.24) is 4.90 Å². The monoisotopic (exact) mass is 401 g/mol. The van der Waals surface area contributed by atoms with E-state index in [1.807, 2.05) is 52.0 Å². The van der Waals surface area contributed by atoms with Gasteiger partial charge in [0.2, 0.25) is 5.75 Å². The summed E-state index contributed by atoms with van der Waals surface area (Å²) in [6, 6.07) is 11.2. The molecule has 1 amide bonds. The lowest BCUT2D eigenvalue weighted by atomic mass is 10.1. The first kappa shape index (κ1) is 22.4. The molecule has 0 bridgehead atoms. The van der Waals surface area contributed by atoms with Gasteiger partial charge in [-0.1, -0.05) is 17.7 Å². The molecule has 0 saturated heterocycles. The number of hydrogen-bond donors (Lipinski definition) is 0. The van der Waals surface area contributed by atoms with Crippen LogP contribution in [0.1, 0.15) is 36.7 Å². The van der Waals surface area contributed by atoms with Gasteiger partial charge in [0.25, 0.3) is 5.91 Å². The quantitative estimate of drug-likeness (QED) is 0.561. The number of likely N-dealkylation sites (N-methyl/N-ethyl adjacent to an activating group) is 1. The number of amides is 1. The van der Waals surface area contributed by atoms with Crippen LogP contribution in [0.15, 0.2) is 36.4 Å². The van der Waals surface area contributed by atoms with Crippen LogP contribution in [-0.2, 0) is 0 Å². The highest BCUT2D eigenvalue weighted by atomic mass is 16.5. The average Bonchev–Trinajstić information content (AvgIpc) is 2.71. The highest BCUT2D eigenvalue weighted by molar-refractivity contribution is 5.95. The molecule has 0 spiro atoms. The molecule has 2 aromatic carbocycles. The van der Waals surface area contributed by atoms with Crippen LogP contribution in [0.4, 0.5) is 0 Å². The Morgan fingerprint density at radius 1 is 0.862 bits per heavy atom. The smallest absolute Gasteiger partial charge is 0.253 e. The molecule has 0 aliphatic heterocycles. The van der Waals surface area contributed by atoms with E-state index in [1.54, 1.807) is 24.1 Å². The third-order valence-electron chi connectivity index (χ3n) is 4.22. The lowest BCUT2D eigenvalue weighted by Gasteiger charge is -2.20. The topological polar surface area (TPSA) is 57.2 Å². The first-order valence-electron chi connectivity index (χ1n) is 10.0. The van der Waals surface area contributed by atoms with E-state index < -0.39 is 0 Å². The fourth-order valence-corrected chi connectivity index (χ4v) is 2.77. The van der Waals surface area contributed by atoms with Crippen LogP contribution in [0.25, 0.3) is 0 Å². The Kier molecular flexibility index (Phi) is 8.65. The van der Waals surface area contributed by atoms with Gasteiger partial charge in [-0.25, -0.2) is 0 Å². The summed E-state index contributed by atoms with van der Waals surface area (Å²) < 4.78 is 22.8. The first-order chi connectivity index (χ1) is 14.0. The molecule has 2 rings (SSSR count). The van der Waals surface area contributed by atoms with Crippen molar-refractivity contribution in [3.8, 4) is 23.0 Å². The van der Waals surface area contributed by atoms with E-state index in [0.717, 1.165) is 5.75 Å². The van der Waals surface area contributed by atoms with Gasteiger partial charge in [0.15, 0.2) is 11.5 Å². The largest absolute Gasteiger partial charge is 0.492 e. The Balaban J connectivity index is 2.11. The Morgan fingerprint density at radius 3 is 1.93 bits per heavy atom. The second kappa shape index (κ2) is 11.2. The minimum Gasteiger partial charge on any atom is -0.492 e. The fraction of sp³-hybridized carbons (Fsp3) is 0.435. The molecular weight excluding hydrogens is 370 g/mol. The average molecular weight is 402 g/mol. The van der Waals surface area contributed by atoms with Crippen molar-refractivity contribution in [2.75, 3.05) is 40.0 Å². The van der Waals surface area contributed by atoms with Crippen molar-refractivity contribution in [1.29, 1.82) is 0 Å².